The van der Waals surface area contributed by atoms with Gasteiger partial charge in [0.15, 0.2) is 6.61 Å². The van der Waals surface area contributed by atoms with Gasteiger partial charge in [-0.15, -0.1) is 0 Å². The van der Waals surface area contributed by atoms with E-state index in [1.807, 2.05) is 30.3 Å². The fraction of sp³-hybridized carbons (Fsp3) is 0.364. The summed E-state index contributed by atoms with van der Waals surface area (Å²) in [6.07, 6.45) is 4.55. The van der Waals surface area contributed by atoms with Crippen molar-refractivity contribution in [3.8, 4) is 5.75 Å². The maximum absolute atomic E-state index is 12.5. The first-order chi connectivity index (χ1) is 13.1. The van der Waals surface area contributed by atoms with Gasteiger partial charge >= 0.3 is 0 Å². The average molecular weight is 366 g/mol. The molecule has 0 unspecified atom stereocenters. The Balaban J connectivity index is 1.58. The number of para-hydroxylation sites is 2. The topological polar surface area (TPSA) is 67.4 Å². The zero-order chi connectivity index (χ0) is 19.1. The van der Waals surface area contributed by atoms with Crippen molar-refractivity contribution in [1.82, 2.24) is 5.32 Å². The van der Waals surface area contributed by atoms with E-state index in [1.165, 1.54) is 6.42 Å². The van der Waals surface area contributed by atoms with Gasteiger partial charge in [0.05, 0.1) is 5.56 Å². The maximum atomic E-state index is 12.5. The summed E-state index contributed by atoms with van der Waals surface area (Å²) >= 11 is 0. The molecule has 2 atom stereocenters. The molecule has 0 aliphatic heterocycles. The lowest BCUT2D eigenvalue weighted by molar-refractivity contribution is -0.124. The highest BCUT2D eigenvalue weighted by molar-refractivity contribution is 6.06. The number of benzene rings is 2. The summed E-state index contributed by atoms with van der Waals surface area (Å²) in [4.78, 5) is 24.8. The summed E-state index contributed by atoms with van der Waals surface area (Å²) in [6.45, 7) is 2.08. The lowest BCUT2D eigenvalue weighted by Crippen LogP contribution is -2.43. The van der Waals surface area contributed by atoms with E-state index >= 15 is 0 Å². The quantitative estimate of drug-likeness (QED) is 0.812. The number of nitrogens with one attached hydrogen (secondary N) is 2. The minimum atomic E-state index is -0.266. The molecule has 142 valence electrons. The normalized spacial score (nSPS) is 19.1. The van der Waals surface area contributed by atoms with E-state index in [1.54, 1.807) is 24.3 Å². The van der Waals surface area contributed by atoms with Gasteiger partial charge in [-0.25, -0.2) is 0 Å². The molecule has 5 heteroatoms. The van der Waals surface area contributed by atoms with Crippen LogP contribution in [0.1, 0.15) is 43.0 Å². The molecule has 0 bridgehead atoms. The molecule has 0 spiro atoms. The maximum Gasteiger partial charge on any atom is 0.259 e. The number of anilines is 1. The molecule has 2 aromatic carbocycles. The summed E-state index contributed by atoms with van der Waals surface area (Å²) in [5, 5.41) is 5.90. The van der Waals surface area contributed by atoms with Crippen molar-refractivity contribution >= 4 is 17.5 Å². The predicted octanol–water partition coefficient (Wildman–Crippen LogP) is 4.01. The first-order valence-electron chi connectivity index (χ1n) is 9.51. The van der Waals surface area contributed by atoms with Gasteiger partial charge in [-0.1, -0.05) is 50.1 Å². The minimum absolute atomic E-state index is 0.0984. The standard InChI is InChI=1S/C22H26N2O3/c1-16-9-5-7-13-19(16)24-21(25)15-27-20-14-8-6-12-18(20)22(26)23-17-10-3-2-4-11-17/h2-4,6,8,10-12,14,16,19H,5,7,9,13,15H2,1H3,(H,23,26)(H,24,25)/t16-,19+/m1/s1. The monoisotopic (exact) mass is 366 g/mol. The van der Waals surface area contributed by atoms with Crippen molar-refractivity contribution in [2.75, 3.05) is 11.9 Å². The van der Waals surface area contributed by atoms with Crippen molar-refractivity contribution in [3.63, 3.8) is 0 Å². The molecule has 3 rings (SSSR count). The Kier molecular flexibility index (Phi) is 6.47. The Labute approximate surface area is 160 Å². The number of carbonyl (C=O) groups excluding carboxylic acids is 2. The van der Waals surface area contributed by atoms with Crippen LogP contribution in [0, 0.1) is 5.92 Å². The first kappa shape index (κ1) is 19.0. The second-order valence-electron chi connectivity index (χ2n) is 7.04. The Morgan fingerprint density at radius 2 is 1.70 bits per heavy atom. The highest BCUT2D eigenvalue weighted by Crippen LogP contribution is 2.24. The molecular formula is C22H26N2O3. The predicted molar refractivity (Wildman–Crippen MR) is 106 cm³/mol. The lowest BCUT2D eigenvalue weighted by atomic mass is 9.86. The summed E-state index contributed by atoms with van der Waals surface area (Å²) in [6, 6.07) is 16.4. The molecule has 1 aliphatic rings. The molecule has 2 amide bonds. The molecule has 0 saturated heterocycles. The third-order valence-electron chi connectivity index (χ3n) is 4.98. The molecule has 0 heterocycles. The van der Waals surface area contributed by atoms with Crippen LogP contribution < -0.4 is 15.4 Å². The van der Waals surface area contributed by atoms with Crippen molar-refractivity contribution in [3.05, 3.63) is 60.2 Å². The van der Waals surface area contributed by atoms with Crippen molar-refractivity contribution < 1.29 is 14.3 Å². The van der Waals surface area contributed by atoms with Crippen LogP contribution in [-0.2, 0) is 4.79 Å². The average Bonchev–Trinajstić information content (AvgIpc) is 2.69. The zero-order valence-electron chi connectivity index (χ0n) is 15.6. The van der Waals surface area contributed by atoms with E-state index in [0.717, 1.165) is 19.3 Å². The van der Waals surface area contributed by atoms with E-state index in [2.05, 4.69) is 17.6 Å². The largest absolute Gasteiger partial charge is 0.483 e. The number of hydrogen-bond donors (Lipinski definition) is 2. The van der Waals surface area contributed by atoms with E-state index in [0.29, 0.717) is 22.9 Å². The number of hydrogen-bond acceptors (Lipinski definition) is 3. The van der Waals surface area contributed by atoms with Crippen LogP contribution in [-0.4, -0.2) is 24.5 Å². The summed E-state index contributed by atoms with van der Waals surface area (Å²) in [7, 11) is 0. The van der Waals surface area contributed by atoms with Crippen LogP contribution in [0.3, 0.4) is 0 Å². The lowest BCUT2D eigenvalue weighted by Gasteiger charge is -2.29. The van der Waals surface area contributed by atoms with E-state index in [-0.39, 0.29) is 24.5 Å². The van der Waals surface area contributed by atoms with Crippen LogP contribution >= 0.6 is 0 Å². The smallest absolute Gasteiger partial charge is 0.259 e. The van der Waals surface area contributed by atoms with Crippen LogP contribution in [0.2, 0.25) is 0 Å². The van der Waals surface area contributed by atoms with Gasteiger partial charge < -0.3 is 15.4 Å². The zero-order valence-corrected chi connectivity index (χ0v) is 15.6. The molecule has 2 aromatic rings. The number of amides is 2. The molecule has 27 heavy (non-hydrogen) atoms. The second-order valence-corrected chi connectivity index (χ2v) is 7.04. The van der Waals surface area contributed by atoms with E-state index in [4.69, 9.17) is 4.74 Å². The minimum Gasteiger partial charge on any atom is -0.483 e. The fourth-order valence-electron chi connectivity index (χ4n) is 3.42. The molecule has 0 aromatic heterocycles. The van der Waals surface area contributed by atoms with Gasteiger partial charge in [0.2, 0.25) is 0 Å². The van der Waals surface area contributed by atoms with Crippen LogP contribution in [0.25, 0.3) is 0 Å². The Hall–Kier alpha value is -2.82. The second kappa shape index (κ2) is 9.21. The van der Waals surface area contributed by atoms with Crippen LogP contribution in [0.5, 0.6) is 5.75 Å². The van der Waals surface area contributed by atoms with E-state index in [9.17, 15) is 9.59 Å². The van der Waals surface area contributed by atoms with Gasteiger partial charge in [-0.2, -0.15) is 0 Å². The van der Waals surface area contributed by atoms with Crippen molar-refractivity contribution in [2.24, 2.45) is 5.92 Å². The van der Waals surface area contributed by atoms with Crippen LogP contribution in [0.15, 0.2) is 54.6 Å². The van der Waals surface area contributed by atoms with Crippen molar-refractivity contribution in [2.45, 2.75) is 38.6 Å². The molecule has 1 saturated carbocycles. The Morgan fingerprint density at radius 1 is 1.00 bits per heavy atom. The van der Waals surface area contributed by atoms with Gasteiger partial charge in [0.1, 0.15) is 5.75 Å². The molecule has 2 N–H and O–H groups in total. The van der Waals surface area contributed by atoms with Gasteiger partial charge in [0.25, 0.3) is 11.8 Å². The number of rotatable bonds is 6. The van der Waals surface area contributed by atoms with Crippen LogP contribution in [0.4, 0.5) is 5.69 Å². The molecular weight excluding hydrogens is 340 g/mol. The number of carbonyl (C=O) groups is 2. The Morgan fingerprint density at radius 3 is 2.48 bits per heavy atom. The fourth-order valence-corrected chi connectivity index (χ4v) is 3.42. The summed E-state index contributed by atoms with van der Waals surface area (Å²) in [5.41, 5.74) is 1.11. The third kappa shape index (κ3) is 5.33. The highest BCUT2D eigenvalue weighted by Gasteiger charge is 2.23. The van der Waals surface area contributed by atoms with Gasteiger partial charge in [-0.3, -0.25) is 9.59 Å². The molecule has 5 nitrogen and oxygen atoms in total. The molecule has 1 fully saturated rings. The van der Waals surface area contributed by atoms with Crippen molar-refractivity contribution in [1.29, 1.82) is 0 Å². The van der Waals surface area contributed by atoms with E-state index < -0.39 is 0 Å². The third-order valence-corrected chi connectivity index (χ3v) is 4.98. The molecule has 1 aliphatic carbocycles. The highest BCUT2D eigenvalue weighted by atomic mass is 16.5. The first-order valence-corrected chi connectivity index (χ1v) is 9.51. The van der Waals surface area contributed by atoms with Gasteiger partial charge in [-0.05, 0) is 43.0 Å². The summed E-state index contributed by atoms with van der Waals surface area (Å²) in [5.74, 6) is 0.481. The molecule has 0 radical (unpaired) electrons. The Bertz CT molecular complexity index is 776. The summed E-state index contributed by atoms with van der Waals surface area (Å²) < 4.78 is 5.66. The number of ether oxygens (including phenoxy) is 1. The van der Waals surface area contributed by atoms with Gasteiger partial charge in [0, 0.05) is 11.7 Å². The SMILES string of the molecule is C[C@@H]1CCCC[C@@H]1NC(=O)COc1ccccc1C(=O)Nc1ccccc1.